The molecule has 1 aromatic carbocycles. The zero-order chi connectivity index (χ0) is 14.8. The van der Waals surface area contributed by atoms with Gasteiger partial charge in [0.15, 0.2) is 0 Å². The summed E-state index contributed by atoms with van der Waals surface area (Å²) in [5, 5.41) is 0.316. The second-order valence-corrected chi connectivity index (χ2v) is 6.08. The minimum Gasteiger partial charge on any atom is -0.439 e. The smallest absolute Gasteiger partial charge is 0.228 e. The zero-order valence-corrected chi connectivity index (χ0v) is 13.2. The van der Waals surface area contributed by atoms with Gasteiger partial charge in [-0.1, -0.05) is 44.5 Å². The van der Waals surface area contributed by atoms with Crippen molar-refractivity contribution in [1.82, 2.24) is 9.97 Å². The normalized spacial score (nSPS) is 11.4. The Morgan fingerprint density at radius 2 is 1.75 bits per heavy atom. The fourth-order valence-corrected chi connectivity index (χ4v) is 2.21. The van der Waals surface area contributed by atoms with Gasteiger partial charge in [-0.2, -0.15) is 0 Å². The van der Waals surface area contributed by atoms with E-state index in [4.69, 9.17) is 27.9 Å². The number of aromatic nitrogens is 2. The first-order valence-corrected chi connectivity index (χ1v) is 7.17. The number of nitrogens with zero attached hydrogens (tertiary/aromatic N) is 2. The van der Waals surface area contributed by atoms with Crippen molar-refractivity contribution in [3.63, 3.8) is 0 Å². The van der Waals surface area contributed by atoms with E-state index >= 15 is 0 Å². The van der Waals surface area contributed by atoms with Crippen LogP contribution in [0.5, 0.6) is 11.6 Å². The molecule has 0 saturated heterocycles. The Morgan fingerprint density at radius 3 is 2.30 bits per heavy atom. The average molecular weight is 311 g/mol. The van der Waals surface area contributed by atoms with Gasteiger partial charge in [-0.3, -0.25) is 0 Å². The monoisotopic (exact) mass is 310 g/mol. The van der Waals surface area contributed by atoms with Gasteiger partial charge in [-0.15, -0.1) is 11.6 Å². The summed E-state index contributed by atoms with van der Waals surface area (Å²) >= 11 is 11.8. The minimum atomic E-state index is 0.109. The van der Waals surface area contributed by atoms with E-state index in [0.717, 1.165) is 0 Å². The molecule has 106 valence electrons. The van der Waals surface area contributed by atoms with Crippen molar-refractivity contribution in [2.45, 2.75) is 32.1 Å². The van der Waals surface area contributed by atoms with Gasteiger partial charge in [0, 0.05) is 0 Å². The molecule has 20 heavy (non-hydrogen) atoms. The molecule has 1 heterocycles. The molecule has 0 saturated carbocycles. The van der Waals surface area contributed by atoms with E-state index in [0.29, 0.717) is 22.3 Å². The largest absolute Gasteiger partial charge is 0.439 e. The van der Waals surface area contributed by atoms with E-state index < -0.39 is 0 Å². The van der Waals surface area contributed by atoms with E-state index in [1.54, 1.807) is 0 Å². The summed E-state index contributed by atoms with van der Waals surface area (Å²) < 4.78 is 5.73. The third kappa shape index (κ3) is 3.41. The van der Waals surface area contributed by atoms with Crippen LogP contribution in [0.4, 0.5) is 0 Å². The summed E-state index contributed by atoms with van der Waals surface area (Å²) in [5.41, 5.74) is 1.94. The van der Waals surface area contributed by atoms with Crippen LogP contribution < -0.4 is 4.74 Å². The number of benzene rings is 1. The number of ether oxygens (including phenoxy) is 1. The van der Waals surface area contributed by atoms with Crippen molar-refractivity contribution >= 4 is 23.2 Å². The van der Waals surface area contributed by atoms with Crippen LogP contribution in [0.3, 0.4) is 0 Å². The highest BCUT2D eigenvalue weighted by atomic mass is 35.5. The fraction of sp³-hybridized carbons (Fsp3) is 0.333. The van der Waals surface area contributed by atoms with Gasteiger partial charge in [0.05, 0.1) is 11.4 Å². The first kappa shape index (κ1) is 15.1. The summed E-state index contributed by atoms with van der Waals surface area (Å²) in [7, 11) is 0. The zero-order valence-electron chi connectivity index (χ0n) is 11.7. The molecule has 0 spiro atoms. The summed E-state index contributed by atoms with van der Waals surface area (Å²) in [6, 6.07) is 7.90. The Hall–Kier alpha value is -1.32. The number of rotatable bonds is 3. The van der Waals surface area contributed by atoms with Gasteiger partial charge in [0.1, 0.15) is 17.2 Å². The molecule has 1 aromatic heterocycles. The molecule has 0 atom stereocenters. The average Bonchev–Trinajstić information content (AvgIpc) is 2.38. The van der Waals surface area contributed by atoms with Gasteiger partial charge in [0.2, 0.25) is 5.88 Å². The van der Waals surface area contributed by atoms with Crippen LogP contribution in [0, 0.1) is 0 Å². The molecule has 0 aliphatic heterocycles. The third-order valence-corrected chi connectivity index (χ3v) is 3.51. The summed E-state index contributed by atoms with van der Waals surface area (Å²) in [6.07, 6.45) is 1.36. The van der Waals surface area contributed by atoms with Crippen LogP contribution in [0.15, 0.2) is 30.6 Å². The summed E-state index contributed by atoms with van der Waals surface area (Å²) in [6.45, 7) is 6.50. The van der Waals surface area contributed by atoms with Gasteiger partial charge in [-0.05, 0) is 23.1 Å². The van der Waals surface area contributed by atoms with Crippen LogP contribution >= 0.6 is 23.2 Å². The molecule has 0 N–H and O–H groups in total. The van der Waals surface area contributed by atoms with Crippen LogP contribution in [0.1, 0.15) is 31.9 Å². The van der Waals surface area contributed by atoms with Crippen LogP contribution in [0.25, 0.3) is 0 Å². The molecular weight excluding hydrogens is 295 g/mol. The lowest BCUT2D eigenvalue weighted by molar-refractivity contribution is 0.456. The van der Waals surface area contributed by atoms with E-state index in [1.807, 2.05) is 24.3 Å². The molecule has 2 aromatic rings. The van der Waals surface area contributed by atoms with Gasteiger partial charge < -0.3 is 4.74 Å². The second-order valence-electron chi connectivity index (χ2n) is 5.46. The topological polar surface area (TPSA) is 35.0 Å². The summed E-state index contributed by atoms with van der Waals surface area (Å²) in [5.74, 6) is 1.29. The van der Waals surface area contributed by atoms with Gasteiger partial charge >= 0.3 is 0 Å². The Morgan fingerprint density at radius 1 is 1.10 bits per heavy atom. The molecule has 0 aliphatic carbocycles. The molecule has 0 amide bonds. The standard InChI is InChI=1S/C15H16Cl2N2O/c1-15(2,3)10-4-6-11(7-5-10)20-14-12(8-16)13(17)18-9-19-14/h4-7,9H,8H2,1-3H3. The van der Waals surface area contributed by atoms with Gasteiger partial charge in [-0.25, -0.2) is 9.97 Å². The second kappa shape index (κ2) is 5.98. The quantitative estimate of drug-likeness (QED) is 0.593. The SMILES string of the molecule is CC(C)(C)c1ccc(Oc2ncnc(Cl)c2CCl)cc1. The Balaban J connectivity index is 2.25. The Kier molecular flexibility index (Phi) is 4.51. The molecule has 0 radical (unpaired) electrons. The van der Waals surface area contributed by atoms with E-state index in [1.165, 1.54) is 11.9 Å². The van der Waals surface area contributed by atoms with Crippen LogP contribution in [-0.2, 0) is 11.3 Å². The molecule has 0 bridgehead atoms. The Labute approximate surface area is 128 Å². The molecule has 2 rings (SSSR count). The molecule has 0 fully saturated rings. The van der Waals surface area contributed by atoms with Crippen LogP contribution in [-0.4, -0.2) is 9.97 Å². The first-order chi connectivity index (χ1) is 9.41. The maximum Gasteiger partial charge on any atom is 0.228 e. The highest BCUT2D eigenvalue weighted by molar-refractivity contribution is 6.31. The lowest BCUT2D eigenvalue weighted by Gasteiger charge is -2.19. The fourth-order valence-electron chi connectivity index (χ4n) is 1.71. The molecule has 0 unspecified atom stereocenters. The van der Waals surface area contributed by atoms with Crippen molar-refractivity contribution in [2.75, 3.05) is 0 Å². The lowest BCUT2D eigenvalue weighted by Crippen LogP contribution is -2.10. The lowest BCUT2D eigenvalue weighted by atomic mass is 9.87. The van der Waals surface area contributed by atoms with Crippen molar-refractivity contribution in [2.24, 2.45) is 0 Å². The first-order valence-electron chi connectivity index (χ1n) is 6.25. The number of halogens is 2. The number of hydrogen-bond acceptors (Lipinski definition) is 3. The summed E-state index contributed by atoms with van der Waals surface area (Å²) in [4.78, 5) is 7.96. The van der Waals surface area contributed by atoms with E-state index in [9.17, 15) is 0 Å². The van der Waals surface area contributed by atoms with Crippen molar-refractivity contribution in [3.8, 4) is 11.6 Å². The highest BCUT2D eigenvalue weighted by Crippen LogP contribution is 2.30. The van der Waals surface area contributed by atoms with Crippen molar-refractivity contribution in [1.29, 1.82) is 0 Å². The molecular formula is C15H16Cl2N2O. The van der Waals surface area contributed by atoms with Crippen LogP contribution in [0.2, 0.25) is 5.15 Å². The molecule has 5 heteroatoms. The van der Waals surface area contributed by atoms with Crippen molar-refractivity contribution < 1.29 is 4.74 Å². The maximum absolute atomic E-state index is 5.97. The minimum absolute atomic E-state index is 0.109. The van der Waals surface area contributed by atoms with E-state index in [-0.39, 0.29) is 11.3 Å². The third-order valence-electron chi connectivity index (χ3n) is 2.92. The van der Waals surface area contributed by atoms with Crippen molar-refractivity contribution in [3.05, 3.63) is 46.9 Å². The van der Waals surface area contributed by atoms with Gasteiger partial charge in [0.25, 0.3) is 0 Å². The maximum atomic E-state index is 5.97. The number of alkyl halides is 1. The Bertz CT molecular complexity index is 592. The number of hydrogen-bond donors (Lipinski definition) is 0. The predicted molar refractivity (Wildman–Crippen MR) is 81.8 cm³/mol. The molecule has 0 aliphatic rings. The predicted octanol–water partition coefficient (Wildman–Crippen LogP) is 4.96. The molecule has 3 nitrogen and oxygen atoms in total. The van der Waals surface area contributed by atoms with E-state index in [2.05, 4.69) is 30.7 Å². The highest BCUT2D eigenvalue weighted by Gasteiger charge is 2.14.